The minimum Gasteiger partial charge on any atom is -0.496 e. The van der Waals surface area contributed by atoms with E-state index in [9.17, 15) is 4.79 Å². The lowest BCUT2D eigenvalue weighted by Gasteiger charge is -2.11. The first kappa shape index (κ1) is 18.7. The first-order valence-electron chi connectivity index (χ1n) is 9.51. The largest absolute Gasteiger partial charge is 0.496 e. The molecule has 5 nitrogen and oxygen atoms in total. The summed E-state index contributed by atoms with van der Waals surface area (Å²) >= 11 is 0. The van der Waals surface area contributed by atoms with E-state index in [0.717, 1.165) is 45.0 Å². The van der Waals surface area contributed by atoms with Crippen molar-refractivity contribution in [2.24, 2.45) is 0 Å². The van der Waals surface area contributed by atoms with Crippen LogP contribution in [0.4, 0.5) is 5.69 Å². The van der Waals surface area contributed by atoms with Crippen LogP contribution >= 0.6 is 0 Å². The second-order valence-electron chi connectivity index (χ2n) is 7.15. The number of anilines is 1. The van der Waals surface area contributed by atoms with Gasteiger partial charge < -0.3 is 14.5 Å². The van der Waals surface area contributed by atoms with Crippen molar-refractivity contribution >= 4 is 17.2 Å². The number of hydrogen-bond acceptors (Lipinski definition) is 3. The number of aryl methyl sites for hydroxylation is 2. The van der Waals surface area contributed by atoms with Crippen LogP contribution in [0.1, 0.15) is 16.7 Å². The predicted molar refractivity (Wildman–Crippen MR) is 115 cm³/mol. The Labute approximate surface area is 170 Å². The van der Waals surface area contributed by atoms with Crippen LogP contribution in [0.3, 0.4) is 0 Å². The van der Waals surface area contributed by atoms with Crippen LogP contribution in [0.5, 0.6) is 5.75 Å². The van der Waals surface area contributed by atoms with E-state index in [1.807, 2.05) is 85.2 Å². The smallest absolute Gasteiger partial charge is 0.228 e. The minimum atomic E-state index is -0.0511. The van der Waals surface area contributed by atoms with E-state index >= 15 is 0 Å². The molecule has 1 N–H and O–H groups in total. The Hall–Kier alpha value is -3.60. The summed E-state index contributed by atoms with van der Waals surface area (Å²) in [5.74, 6) is 0.773. The highest BCUT2D eigenvalue weighted by atomic mass is 16.5. The normalized spacial score (nSPS) is 10.9. The first-order valence-corrected chi connectivity index (χ1v) is 9.51. The Morgan fingerprint density at radius 2 is 1.93 bits per heavy atom. The Kier molecular flexibility index (Phi) is 5.04. The van der Waals surface area contributed by atoms with Crippen LogP contribution in [0.15, 0.2) is 67.0 Å². The molecule has 2 aromatic carbocycles. The molecule has 0 fully saturated rings. The Balaban J connectivity index is 1.54. The number of carbonyl (C=O) groups excluding carboxylic acids is 1. The molecule has 0 saturated heterocycles. The molecule has 0 aliphatic carbocycles. The number of aromatic nitrogens is 2. The van der Waals surface area contributed by atoms with Gasteiger partial charge in [-0.05, 0) is 54.8 Å². The molecule has 0 saturated carbocycles. The maximum absolute atomic E-state index is 12.6. The van der Waals surface area contributed by atoms with Gasteiger partial charge in [-0.3, -0.25) is 4.79 Å². The molecule has 4 aromatic rings. The maximum Gasteiger partial charge on any atom is 0.228 e. The number of amides is 1. The summed E-state index contributed by atoms with van der Waals surface area (Å²) in [6.07, 6.45) is 4.27. The van der Waals surface area contributed by atoms with Gasteiger partial charge in [0.1, 0.15) is 11.4 Å². The fraction of sp³-hybridized carbons (Fsp3) is 0.167. The van der Waals surface area contributed by atoms with Crippen molar-refractivity contribution in [3.05, 3.63) is 83.7 Å². The molecule has 0 aliphatic rings. The van der Waals surface area contributed by atoms with Crippen molar-refractivity contribution in [2.75, 3.05) is 12.4 Å². The fourth-order valence-corrected chi connectivity index (χ4v) is 3.42. The lowest BCUT2D eigenvalue weighted by atomic mass is 10.1. The fourth-order valence-electron chi connectivity index (χ4n) is 3.42. The zero-order chi connectivity index (χ0) is 20.4. The summed E-state index contributed by atoms with van der Waals surface area (Å²) in [5.41, 5.74) is 6.51. The van der Waals surface area contributed by atoms with Gasteiger partial charge >= 0.3 is 0 Å². The van der Waals surface area contributed by atoms with Crippen molar-refractivity contribution in [2.45, 2.75) is 20.3 Å². The number of methoxy groups -OCH3 is 1. The molecule has 29 heavy (non-hydrogen) atoms. The van der Waals surface area contributed by atoms with Crippen molar-refractivity contribution in [3.63, 3.8) is 0 Å². The number of carbonyl (C=O) groups is 1. The third kappa shape index (κ3) is 3.99. The summed E-state index contributed by atoms with van der Waals surface area (Å²) in [6, 6.07) is 17.7. The topological polar surface area (TPSA) is 55.6 Å². The van der Waals surface area contributed by atoms with E-state index in [1.54, 1.807) is 7.11 Å². The summed E-state index contributed by atoms with van der Waals surface area (Å²) < 4.78 is 7.27. The van der Waals surface area contributed by atoms with Crippen LogP contribution in [0.25, 0.3) is 16.9 Å². The number of fused-ring (bicyclic) bond motifs is 1. The molecule has 0 bridgehead atoms. The average molecular weight is 385 g/mol. The third-order valence-corrected chi connectivity index (χ3v) is 5.00. The lowest BCUT2D eigenvalue weighted by Crippen LogP contribution is -2.15. The molecule has 5 heteroatoms. The number of nitrogens with zero attached hydrogens (tertiary/aromatic N) is 2. The highest BCUT2D eigenvalue weighted by Crippen LogP contribution is 2.26. The zero-order valence-corrected chi connectivity index (χ0v) is 16.8. The van der Waals surface area contributed by atoms with Gasteiger partial charge in [0, 0.05) is 23.6 Å². The van der Waals surface area contributed by atoms with Gasteiger partial charge in [0.05, 0.1) is 19.2 Å². The van der Waals surface area contributed by atoms with Crippen LogP contribution in [-0.4, -0.2) is 22.4 Å². The van der Waals surface area contributed by atoms with Gasteiger partial charge in [-0.2, -0.15) is 0 Å². The Bertz CT molecular complexity index is 1160. The molecule has 4 rings (SSSR count). The lowest BCUT2D eigenvalue weighted by molar-refractivity contribution is -0.115. The van der Waals surface area contributed by atoms with Crippen molar-refractivity contribution in [1.82, 2.24) is 9.38 Å². The number of benzene rings is 2. The number of ether oxygens (including phenoxy) is 1. The maximum atomic E-state index is 12.6. The Morgan fingerprint density at radius 3 is 2.69 bits per heavy atom. The molecule has 0 atom stereocenters. The van der Waals surface area contributed by atoms with Gasteiger partial charge in [0.25, 0.3) is 0 Å². The third-order valence-electron chi connectivity index (χ3n) is 5.00. The summed E-state index contributed by atoms with van der Waals surface area (Å²) in [7, 11) is 1.65. The molecule has 146 valence electrons. The number of imidazole rings is 1. The SMILES string of the molecule is COc1ccc(CC(=O)Nc2cc(-c3cn4ccccc4n3)ccc2C)cc1C. The van der Waals surface area contributed by atoms with Crippen LogP contribution < -0.4 is 10.1 Å². The first-order chi connectivity index (χ1) is 14.0. The summed E-state index contributed by atoms with van der Waals surface area (Å²) in [5, 5.41) is 3.05. The molecule has 0 spiro atoms. The van der Waals surface area contributed by atoms with E-state index < -0.39 is 0 Å². The van der Waals surface area contributed by atoms with Crippen molar-refractivity contribution in [1.29, 1.82) is 0 Å². The van der Waals surface area contributed by atoms with Crippen LogP contribution in [0, 0.1) is 13.8 Å². The minimum absolute atomic E-state index is 0.0511. The Morgan fingerprint density at radius 1 is 1.07 bits per heavy atom. The quantitative estimate of drug-likeness (QED) is 0.536. The van der Waals surface area contributed by atoms with Crippen molar-refractivity contribution < 1.29 is 9.53 Å². The zero-order valence-electron chi connectivity index (χ0n) is 16.8. The second-order valence-corrected chi connectivity index (χ2v) is 7.15. The van der Waals surface area contributed by atoms with E-state index in [2.05, 4.69) is 10.3 Å². The molecule has 2 heterocycles. The molecule has 0 aliphatic heterocycles. The van der Waals surface area contributed by atoms with E-state index in [4.69, 9.17) is 4.74 Å². The monoisotopic (exact) mass is 385 g/mol. The highest BCUT2D eigenvalue weighted by molar-refractivity contribution is 5.93. The molecule has 2 aromatic heterocycles. The molecular formula is C24H23N3O2. The van der Waals surface area contributed by atoms with Gasteiger partial charge in [0.15, 0.2) is 0 Å². The van der Waals surface area contributed by atoms with Gasteiger partial charge in [-0.1, -0.05) is 30.3 Å². The highest BCUT2D eigenvalue weighted by Gasteiger charge is 2.11. The second kappa shape index (κ2) is 7.80. The van der Waals surface area contributed by atoms with Crippen LogP contribution in [0.2, 0.25) is 0 Å². The van der Waals surface area contributed by atoms with E-state index in [-0.39, 0.29) is 5.91 Å². The van der Waals surface area contributed by atoms with Crippen molar-refractivity contribution in [3.8, 4) is 17.0 Å². The predicted octanol–water partition coefficient (Wildman–Crippen LogP) is 4.81. The van der Waals surface area contributed by atoms with E-state index in [1.165, 1.54) is 0 Å². The molecular weight excluding hydrogens is 362 g/mol. The number of hydrogen-bond donors (Lipinski definition) is 1. The molecule has 0 radical (unpaired) electrons. The number of nitrogens with one attached hydrogen (secondary N) is 1. The summed E-state index contributed by atoms with van der Waals surface area (Å²) in [4.78, 5) is 17.3. The van der Waals surface area contributed by atoms with E-state index in [0.29, 0.717) is 6.42 Å². The summed E-state index contributed by atoms with van der Waals surface area (Å²) in [6.45, 7) is 3.96. The number of rotatable bonds is 5. The molecule has 0 unspecified atom stereocenters. The molecule has 1 amide bonds. The van der Waals surface area contributed by atoms with Gasteiger partial charge in [0.2, 0.25) is 5.91 Å². The number of pyridine rings is 1. The average Bonchev–Trinajstić information content (AvgIpc) is 3.14. The van der Waals surface area contributed by atoms with Gasteiger partial charge in [-0.25, -0.2) is 4.98 Å². The standard InChI is InChI=1S/C24H23N3O2/c1-16-7-9-19(21-15-27-11-5-4-6-23(27)25-21)14-20(16)26-24(28)13-18-8-10-22(29-3)17(2)12-18/h4-12,14-15H,13H2,1-3H3,(H,26,28). The van der Waals surface area contributed by atoms with Crippen LogP contribution in [-0.2, 0) is 11.2 Å². The van der Waals surface area contributed by atoms with Gasteiger partial charge in [-0.15, -0.1) is 0 Å².